The molecule has 1 aromatic carbocycles. The van der Waals surface area contributed by atoms with Crippen LogP contribution in [0, 0.1) is 12.3 Å². The van der Waals surface area contributed by atoms with Crippen LogP contribution < -0.4 is 5.73 Å². The summed E-state index contributed by atoms with van der Waals surface area (Å²) in [4.78, 5) is 2.41. The van der Waals surface area contributed by atoms with E-state index >= 15 is 0 Å². The average Bonchev–Trinajstić information content (AvgIpc) is 2.29. The van der Waals surface area contributed by atoms with Crippen molar-refractivity contribution in [1.29, 1.82) is 0 Å². The average molecular weight is 262 g/mol. The third kappa shape index (κ3) is 4.63. The van der Waals surface area contributed by atoms with E-state index in [2.05, 4.69) is 70.8 Å². The van der Waals surface area contributed by atoms with E-state index in [1.54, 1.807) is 0 Å². The molecule has 2 nitrogen and oxygen atoms in total. The molecule has 0 heterocycles. The lowest BCUT2D eigenvalue weighted by Gasteiger charge is -2.37. The fraction of sp³-hybridized carbons (Fsp3) is 0.647. The van der Waals surface area contributed by atoms with Crippen molar-refractivity contribution in [3.63, 3.8) is 0 Å². The lowest BCUT2D eigenvalue weighted by molar-refractivity contribution is 0.150. The molecule has 0 bridgehead atoms. The van der Waals surface area contributed by atoms with Gasteiger partial charge in [0.25, 0.3) is 0 Å². The molecule has 0 saturated carbocycles. The van der Waals surface area contributed by atoms with E-state index in [4.69, 9.17) is 5.73 Å². The van der Waals surface area contributed by atoms with Gasteiger partial charge in [0.1, 0.15) is 0 Å². The molecule has 2 unspecified atom stereocenters. The van der Waals surface area contributed by atoms with Crippen molar-refractivity contribution >= 4 is 0 Å². The molecule has 0 aliphatic rings. The summed E-state index contributed by atoms with van der Waals surface area (Å²) >= 11 is 0. The molecule has 0 amide bonds. The number of likely N-dealkylation sites (N-methyl/N-ethyl adjacent to an activating group) is 1. The maximum absolute atomic E-state index is 6.40. The molecule has 0 radical (unpaired) electrons. The van der Waals surface area contributed by atoms with Gasteiger partial charge in [-0.15, -0.1) is 0 Å². The summed E-state index contributed by atoms with van der Waals surface area (Å²) in [5.41, 5.74) is 9.37. The topological polar surface area (TPSA) is 29.3 Å². The number of hydrogen-bond donors (Lipinski definition) is 1. The van der Waals surface area contributed by atoms with Gasteiger partial charge in [-0.05, 0) is 36.9 Å². The first-order valence-electron chi connectivity index (χ1n) is 7.27. The number of nitrogens with zero attached hydrogens (tertiary/aromatic N) is 1. The Morgan fingerprint density at radius 1 is 1.21 bits per heavy atom. The Morgan fingerprint density at radius 2 is 1.79 bits per heavy atom. The summed E-state index contributed by atoms with van der Waals surface area (Å²) in [6.45, 7) is 12.2. The Labute approximate surface area is 119 Å². The summed E-state index contributed by atoms with van der Waals surface area (Å²) in [5, 5.41) is 0. The molecule has 0 aliphatic heterocycles. The highest BCUT2D eigenvalue weighted by Gasteiger charge is 2.27. The fourth-order valence-corrected chi connectivity index (χ4v) is 2.78. The molecule has 2 N–H and O–H groups in total. The Hall–Kier alpha value is -0.860. The molecule has 0 aliphatic carbocycles. The van der Waals surface area contributed by atoms with Gasteiger partial charge in [0.05, 0.1) is 0 Å². The highest BCUT2D eigenvalue weighted by Crippen LogP contribution is 2.29. The molecule has 2 heteroatoms. The zero-order valence-corrected chi connectivity index (χ0v) is 13.4. The summed E-state index contributed by atoms with van der Waals surface area (Å²) in [5.74, 6) is 0. The summed E-state index contributed by atoms with van der Waals surface area (Å²) in [7, 11) is 2.19. The fourth-order valence-electron chi connectivity index (χ4n) is 2.78. The summed E-state index contributed by atoms with van der Waals surface area (Å²) in [6.07, 6.45) is 0.994. The molecular formula is C17H30N2. The molecule has 0 saturated heterocycles. The second-order valence-corrected chi connectivity index (χ2v) is 6.85. The van der Waals surface area contributed by atoms with E-state index in [9.17, 15) is 0 Å². The van der Waals surface area contributed by atoms with Crippen molar-refractivity contribution in [2.24, 2.45) is 11.1 Å². The third-order valence-corrected chi connectivity index (χ3v) is 3.58. The van der Waals surface area contributed by atoms with E-state index in [0.717, 1.165) is 13.0 Å². The highest BCUT2D eigenvalue weighted by molar-refractivity contribution is 5.30. The zero-order valence-electron chi connectivity index (χ0n) is 13.4. The number of rotatable bonds is 5. The minimum absolute atomic E-state index is 0.174. The second-order valence-electron chi connectivity index (χ2n) is 6.85. The standard InChI is InChI=1S/C17H30N2/c1-7-15(18)16(19(6)12-17(3,4)5)14-11-9-8-10-13(14)2/h8-11,15-16H,7,12,18H2,1-6H3. The van der Waals surface area contributed by atoms with Gasteiger partial charge in [0.2, 0.25) is 0 Å². The molecule has 0 aromatic heterocycles. The van der Waals surface area contributed by atoms with Gasteiger partial charge in [0.15, 0.2) is 0 Å². The van der Waals surface area contributed by atoms with E-state index < -0.39 is 0 Å². The number of hydrogen-bond acceptors (Lipinski definition) is 2. The van der Waals surface area contributed by atoms with Gasteiger partial charge >= 0.3 is 0 Å². The van der Waals surface area contributed by atoms with Crippen molar-refractivity contribution in [2.45, 2.75) is 53.1 Å². The van der Waals surface area contributed by atoms with Crippen LogP contribution in [0.4, 0.5) is 0 Å². The van der Waals surface area contributed by atoms with Crippen LogP contribution in [0.3, 0.4) is 0 Å². The number of benzene rings is 1. The first-order valence-corrected chi connectivity index (χ1v) is 7.27. The van der Waals surface area contributed by atoms with Gasteiger partial charge in [-0.2, -0.15) is 0 Å². The lowest BCUT2D eigenvalue weighted by Crippen LogP contribution is -2.42. The molecule has 19 heavy (non-hydrogen) atoms. The van der Waals surface area contributed by atoms with E-state index in [0.29, 0.717) is 6.04 Å². The van der Waals surface area contributed by atoms with Gasteiger partial charge in [0, 0.05) is 18.6 Å². The van der Waals surface area contributed by atoms with Gasteiger partial charge in [-0.25, -0.2) is 0 Å². The Balaban J connectivity index is 3.05. The molecule has 0 spiro atoms. The summed E-state index contributed by atoms with van der Waals surface area (Å²) in [6, 6.07) is 9.07. The first kappa shape index (κ1) is 16.2. The molecule has 1 aromatic rings. The normalized spacial score (nSPS) is 15.6. The monoisotopic (exact) mass is 262 g/mol. The van der Waals surface area contributed by atoms with Crippen LogP contribution >= 0.6 is 0 Å². The van der Waals surface area contributed by atoms with Crippen molar-refractivity contribution in [3.05, 3.63) is 35.4 Å². The number of aryl methyl sites for hydroxylation is 1. The lowest BCUT2D eigenvalue weighted by atomic mass is 9.90. The smallest absolute Gasteiger partial charge is 0.0499 e. The first-order chi connectivity index (χ1) is 8.76. The van der Waals surface area contributed by atoms with Crippen LogP contribution in [0.2, 0.25) is 0 Å². The van der Waals surface area contributed by atoms with Crippen LogP contribution in [0.5, 0.6) is 0 Å². The third-order valence-electron chi connectivity index (χ3n) is 3.58. The van der Waals surface area contributed by atoms with Crippen molar-refractivity contribution in [2.75, 3.05) is 13.6 Å². The Morgan fingerprint density at radius 3 is 2.26 bits per heavy atom. The maximum Gasteiger partial charge on any atom is 0.0499 e. The van der Waals surface area contributed by atoms with Crippen molar-refractivity contribution < 1.29 is 0 Å². The second kappa shape index (κ2) is 6.53. The van der Waals surface area contributed by atoms with Crippen molar-refractivity contribution in [3.8, 4) is 0 Å². The SMILES string of the molecule is CCC(N)C(c1ccccc1C)N(C)CC(C)(C)C. The molecular weight excluding hydrogens is 232 g/mol. The highest BCUT2D eigenvalue weighted by atomic mass is 15.2. The summed E-state index contributed by atoms with van der Waals surface area (Å²) < 4.78 is 0. The van der Waals surface area contributed by atoms with Gasteiger partial charge < -0.3 is 5.73 Å². The minimum atomic E-state index is 0.174. The van der Waals surface area contributed by atoms with Crippen LogP contribution in [0.15, 0.2) is 24.3 Å². The van der Waals surface area contributed by atoms with Crippen LogP contribution in [0.25, 0.3) is 0 Å². The molecule has 108 valence electrons. The predicted molar refractivity (Wildman–Crippen MR) is 84.3 cm³/mol. The Bertz CT molecular complexity index is 392. The van der Waals surface area contributed by atoms with Crippen LogP contribution in [-0.2, 0) is 0 Å². The van der Waals surface area contributed by atoms with E-state index in [-0.39, 0.29) is 11.5 Å². The predicted octanol–water partition coefficient (Wildman–Crippen LogP) is 3.75. The maximum atomic E-state index is 6.40. The minimum Gasteiger partial charge on any atom is -0.326 e. The zero-order chi connectivity index (χ0) is 14.6. The van der Waals surface area contributed by atoms with Crippen LogP contribution in [-0.4, -0.2) is 24.5 Å². The number of nitrogens with two attached hydrogens (primary N) is 1. The largest absolute Gasteiger partial charge is 0.326 e. The molecule has 2 atom stereocenters. The molecule has 1 rings (SSSR count). The quantitative estimate of drug-likeness (QED) is 0.875. The van der Waals surface area contributed by atoms with Gasteiger partial charge in [-0.3, -0.25) is 4.90 Å². The Kier molecular flexibility index (Phi) is 5.57. The van der Waals surface area contributed by atoms with Crippen molar-refractivity contribution in [1.82, 2.24) is 4.90 Å². The van der Waals surface area contributed by atoms with Gasteiger partial charge in [-0.1, -0.05) is 52.0 Å². The van der Waals surface area contributed by atoms with E-state index in [1.807, 2.05) is 0 Å². The van der Waals surface area contributed by atoms with E-state index in [1.165, 1.54) is 11.1 Å². The van der Waals surface area contributed by atoms with Crippen LogP contribution in [0.1, 0.15) is 51.3 Å². The molecule has 0 fully saturated rings.